The van der Waals surface area contributed by atoms with Crippen molar-refractivity contribution in [2.24, 2.45) is 5.73 Å². The van der Waals surface area contributed by atoms with Crippen LogP contribution < -0.4 is 25.5 Å². The molecule has 0 fully saturated rings. The number of fused-ring (bicyclic) bond motifs is 1. The number of aromatic nitrogens is 1. The first kappa shape index (κ1) is 24.5. The zero-order chi connectivity index (χ0) is 25.3. The minimum absolute atomic E-state index is 0.0436. The number of rotatable bonds is 6. The van der Waals surface area contributed by atoms with Crippen molar-refractivity contribution >= 4 is 23.2 Å². The van der Waals surface area contributed by atoms with E-state index in [2.05, 4.69) is 6.07 Å². The first-order chi connectivity index (χ1) is 16.8. The van der Waals surface area contributed by atoms with Crippen molar-refractivity contribution in [2.45, 2.75) is 25.8 Å². The third kappa shape index (κ3) is 4.55. The standard InChI is InChI=1S/C26H23Cl2N3O4/c1-14-10-22-24(23(17(13-29)25(30)35-22)16-5-6-18(27)19(28)12-16)26(32)31(14)9-8-15-4-7-20(33-2)21(11-15)34-3/h4-7,10-12,23H,8-9,30H2,1-3H3/t23-/m0/s1. The van der Waals surface area contributed by atoms with E-state index in [-0.39, 0.29) is 17.0 Å². The van der Waals surface area contributed by atoms with Crippen LogP contribution in [0.25, 0.3) is 0 Å². The third-order valence-corrected chi connectivity index (χ3v) is 6.78. The lowest BCUT2D eigenvalue weighted by Gasteiger charge is -2.27. The summed E-state index contributed by atoms with van der Waals surface area (Å²) in [6.45, 7) is 2.23. The first-order valence-corrected chi connectivity index (χ1v) is 11.5. The predicted octanol–water partition coefficient (Wildman–Crippen LogP) is 4.94. The molecule has 2 heterocycles. The van der Waals surface area contributed by atoms with Gasteiger partial charge in [-0.15, -0.1) is 0 Å². The molecule has 180 valence electrons. The normalized spacial score (nSPS) is 14.7. The Bertz CT molecular complexity index is 1440. The summed E-state index contributed by atoms with van der Waals surface area (Å²) in [5.41, 5.74) is 8.57. The highest BCUT2D eigenvalue weighted by molar-refractivity contribution is 6.42. The van der Waals surface area contributed by atoms with Gasteiger partial charge in [-0.2, -0.15) is 5.26 Å². The maximum Gasteiger partial charge on any atom is 0.258 e. The molecule has 9 heteroatoms. The second-order valence-electron chi connectivity index (χ2n) is 8.06. The molecule has 0 aliphatic carbocycles. The fourth-order valence-corrected chi connectivity index (χ4v) is 4.57. The van der Waals surface area contributed by atoms with Crippen LogP contribution in [0.3, 0.4) is 0 Å². The molecule has 0 bridgehead atoms. The number of nitrogens with zero attached hydrogens (tertiary/aromatic N) is 2. The number of pyridine rings is 1. The Hall–Kier alpha value is -3.60. The molecule has 1 aliphatic heterocycles. The van der Waals surface area contributed by atoms with Crippen LogP contribution in [0.5, 0.6) is 17.2 Å². The number of nitrogens with two attached hydrogens (primary N) is 1. The molecule has 2 N–H and O–H groups in total. The van der Waals surface area contributed by atoms with Gasteiger partial charge in [0.25, 0.3) is 5.56 Å². The Morgan fingerprint density at radius 3 is 2.49 bits per heavy atom. The van der Waals surface area contributed by atoms with Crippen LogP contribution in [0.15, 0.2) is 58.7 Å². The summed E-state index contributed by atoms with van der Waals surface area (Å²) in [5.74, 6) is 0.791. The van der Waals surface area contributed by atoms with Crippen molar-refractivity contribution in [2.75, 3.05) is 14.2 Å². The number of halogens is 2. The van der Waals surface area contributed by atoms with E-state index in [1.54, 1.807) is 43.1 Å². The van der Waals surface area contributed by atoms with E-state index in [1.807, 2.05) is 25.1 Å². The van der Waals surface area contributed by atoms with Crippen LogP contribution in [0.1, 0.15) is 28.3 Å². The monoisotopic (exact) mass is 511 g/mol. The fourth-order valence-electron chi connectivity index (χ4n) is 4.27. The van der Waals surface area contributed by atoms with Crippen molar-refractivity contribution in [1.82, 2.24) is 4.57 Å². The minimum atomic E-state index is -0.737. The Morgan fingerprint density at radius 1 is 1.09 bits per heavy atom. The summed E-state index contributed by atoms with van der Waals surface area (Å²) in [6.07, 6.45) is 0.571. The van der Waals surface area contributed by atoms with Gasteiger partial charge in [0.15, 0.2) is 11.5 Å². The number of methoxy groups -OCH3 is 2. The average molecular weight is 512 g/mol. The summed E-state index contributed by atoms with van der Waals surface area (Å²) in [7, 11) is 3.16. The highest BCUT2D eigenvalue weighted by Crippen LogP contribution is 2.41. The van der Waals surface area contributed by atoms with Gasteiger partial charge >= 0.3 is 0 Å². The maximum atomic E-state index is 13.8. The van der Waals surface area contributed by atoms with Crippen molar-refractivity contribution < 1.29 is 14.2 Å². The van der Waals surface area contributed by atoms with E-state index < -0.39 is 5.92 Å². The van der Waals surface area contributed by atoms with Gasteiger partial charge < -0.3 is 24.5 Å². The molecular formula is C26H23Cl2N3O4. The minimum Gasteiger partial charge on any atom is -0.493 e. The lowest BCUT2D eigenvalue weighted by molar-refractivity contribution is 0.354. The molecule has 0 radical (unpaired) electrons. The molecule has 0 amide bonds. The lowest BCUT2D eigenvalue weighted by Crippen LogP contribution is -2.33. The lowest BCUT2D eigenvalue weighted by atomic mass is 9.84. The smallest absolute Gasteiger partial charge is 0.258 e. The maximum absolute atomic E-state index is 13.8. The van der Waals surface area contributed by atoms with Crippen LogP contribution in [-0.2, 0) is 13.0 Å². The van der Waals surface area contributed by atoms with Gasteiger partial charge in [-0.1, -0.05) is 35.3 Å². The van der Waals surface area contributed by atoms with E-state index in [0.717, 1.165) is 5.56 Å². The van der Waals surface area contributed by atoms with Gasteiger partial charge in [-0.25, -0.2) is 0 Å². The molecule has 2 aromatic carbocycles. The second-order valence-corrected chi connectivity index (χ2v) is 8.87. The molecule has 7 nitrogen and oxygen atoms in total. The molecule has 0 saturated heterocycles. The third-order valence-electron chi connectivity index (χ3n) is 6.04. The Balaban J connectivity index is 1.78. The van der Waals surface area contributed by atoms with Crippen LogP contribution in [0, 0.1) is 18.3 Å². The number of benzene rings is 2. The number of nitriles is 1. The highest BCUT2D eigenvalue weighted by Gasteiger charge is 2.34. The number of allylic oxidation sites excluding steroid dienone is 1. The van der Waals surface area contributed by atoms with E-state index in [0.29, 0.717) is 57.1 Å². The van der Waals surface area contributed by atoms with Crippen LogP contribution in [0.2, 0.25) is 10.0 Å². The molecule has 3 aromatic rings. The Labute approximate surface area is 212 Å². The van der Waals surface area contributed by atoms with Gasteiger partial charge in [0.05, 0.1) is 35.7 Å². The average Bonchev–Trinajstić information content (AvgIpc) is 2.84. The van der Waals surface area contributed by atoms with E-state index in [1.165, 1.54) is 0 Å². The molecular weight excluding hydrogens is 489 g/mol. The van der Waals surface area contributed by atoms with Crippen LogP contribution in [-0.4, -0.2) is 18.8 Å². The molecule has 0 unspecified atom stereocenters. The zero-order valence-electron chi connectivity index (χ0n) is 19.4. The van der Waals surface area contributed by atoms with Crippen LogP contribution in [0.4, 0.5) is 0 Å². The molecule has 1 aromatic heterocycles. The number of aryl methyl sites for hydroxylation is 2. The second kappa shape index (κ2) is 9.95. The summed E-state index contributed by atoms with van der Waals surface area (Å²) >= 11 is 12.3. The van der Waals surface area contributed by atoms with Gasteiger partial charge in [-0.05, 0) is 48.7 Å². The summed E-state index contributed by atoms with van der Waals surface area (Å²) in [5, 5.41) is 10.5. The molecule has 1 aliphatic rings. The highest BCUT2D eigenvalue weighted by atomic mass is 35.5. The topological polar surface area (TPSA) is 99.5 Å². The molecule has 0 saturated carbocycles. The first-order valence-electron chi connectivity index (χ1n) is 10.8. The van der Waals surface area contributed by atoms with Gasteiger partial charge in [0.2, 0.25) is 5.88 Å². The van der Waals surface area contributed by atoms with Crippen molar-refractivity contribution in [3.8, 4) is 23.3 Å². The van der Waals surface area contributed by atoms with Gasteiger partial charge in [0.1, 0.15) is 17.4 Å². The largest absolute Gasteiger partial charge is 0.493 e. The quantitative estimate of drug-likeness (QED) is 0.502. The summed E-state index contributed by atoms with van der Waals surface area (Å²) in [6, 6.07) is 14.5. The van der Waals surface area contributed by atoms with Crippen molar-refractivity contribution in [3.05, 3.63) is 96.7 Å². The van der Waals surface area contributed by atoms with E-state index in [9.17, 15) is 10.1 Å². The van der Waals surface area contributed by atoms with E-state index >= 15 is 0 Å². The SMILES string of the molecule is COc1ccc(CCn2c(C)cc3c(c2=O)[C@@H](c2ccc(Cl)c(Cl)c2)C(C#N)=C(N)O3)cc1OC. The van der Waals surface area contributed by atoms with Gasteiger partial charge in [-0.3, -0.25) is 4.79 Å². The predicted molar refractivity (Wildman–Crippen MR) is 134 cm³/mol. The summed E-state index contributed by atoms with van der Waals surface area (Å²) < 4.78 is 18.1. The number of hydrogen-bond donors (Lipinski definition) is 1. The van der Waals surface area contributed by atoms with Crippen molar-refractivity contribution in [3.63, 3.8) is 0 Å². The Kier molecular flexibility index (Phi) is 6.97. The molecule has 4 rings (SSSR count). The molecule has 0 spiro atoms. The Morgan fingerprint density at radius 2 is 1.83 bits per heavy atom. The fraction of sp³-hybridized carbons (Fsp3) is 0.231. The van der Waals surface area contributed by atoms with Crippen LogP contribution >= 0.6 is 23.2 Å². The molecule has 35 heavy (non-hydrogen) atoms. The van der Waals surface area contributed by atoms with Crippen molar-refractivity contribution in [1.29, 1.82) is 5.26 Å². The number of hydrogen-bond acceptors (Lipinski definition) is 6. The number of ether oxygens (including phenoxy) is 3. The molecule has 1 atom stereocenters. The zero-order valence-corrected chi connectivity index (χ0v) is 20.9. The van der Waals surface area contributed by atoms with E-state index in [4.69, 9.17) is 43.1 Å². The van der Waals surface area contributed by atoms with Gasteiger partial charge in [0, 0.05) is 18.3 Å². The summed E-state index contributed by atoms with van der Waals surface area (Å²) in [4.78, 5) is 13.8.